The highest BCUT2D eigenvalue weighted by Gasteiger charge is 2.11. The summed E-state index contributed by atoms with van der Waals surface area (Å²) in [7, 11) is 3.96. The average Bonchev–Trinajstić information content (AvgIpc) is 2.99. The predicted molar refractivity (Wildman–Crippen MR) is 94.6 cm³/mol. The van der Waals surface area contributed by atoms with E-state index in [9.17, 15) is 4.79 Å². The average molecular weight is 345 g/mol. The van der Waals surface area contributed by atoms with Gasteiger partial charge in [-0.05, 0) is 37.9 Å². The number of carbonyl (C=O) groups is 1. The van der Waals surface area contributed by atoms with Crippen LogP contribution in [0.5, 0.6) is 11.5 Å². The van der Waals surface area contributed by atoms with Crippen molar-refractivity contribution in [3.63, 3.8) is 0 Å². The van der Waals surface area contributed by atoms with Gasteiger partial charge in [-0.15, -0.1) is 11.3 Å². The van der Waals surface area contributed by atoms with Crippen molar-refractivity contribution in [3.8, 4) is 11.5 Å². The molecule has 3 rings (SSSR count). The molecule has 0 saturated carbocycles. The Morgan fingerprint density at radius 1 is 1.33 bits per heavy atom. The molecule has 1 aromatic carbocycles. The molecule has 0 atom stereocenters. The Hall–Kier alpha value is -2.38. The molecule has 0 saturated heterocycles. The van der Waals surface area contributed by atoms with Crippen molar-refractivity contribution in [1.82, 2.24) is 9.88 Å². The second-order valence-corrected chi connectivity index (χ2v) is 6.47. The minimum Gasteiger partial charge on any atom is -0.486 e. The van der Waals surface area contributed by atoms with Crippen LogP contribution in [0.3, 0.4) is 0 Å². The summed E-state index contributed by atoms with van der Waals surface area (Å²) in [5, 5.41) is 5.32. The quantitative estimate of drug-likeness (QED) is 0.844. The fourth-order valence-corrected chi connectivity index (χ4v) is 2.95. The highest BCUT2D eigenvalue weighted by molar-refractivity contribution is 7.13. The van der Waals surface area contributed by atoms with Gasteiger partial charge in [-0.25, -0.2) is 4.98 Å². The van der Waals surface area contributed by atoms with E-state index in [1.54, 1.807) is 6.08 Å². The van der Waals surface area contributed by atoms with E-state index in [1.807, 2.05) is 42.6 Å². The van der Waals surface area contributed by atoms with Crippen molar-refractivity contribution < 1.29 is 14.3 Å². The number of rotatable bonds is 5. The summed E-state index contributed by atoms with van der Waals surface area (Å²) in [6.45, 7) is 1.85. The molecule has 1 aliphatic rings. The van der Waals surface area contributed by atoms with Gasteiger partial charge >= 0.3 is 0 Å². The predicted octanol–water partition coefficient (Wildman–Crippen LogP) is 2.63. The van der Waals surface area contributed by atoms with Gasteiger partial charge in [-0.3, -0.25) is 10.1 Å². The van der Waals surface area contributed by atoms with E-state index >= 15 is 0 Å². The zero-order chi connectivity index (χ0) is 16.9. The number of nitrogens with one attached hydrogen (secondary N) is 1. The lowest BCUT2D eigenvalue weighted by Crippen LogP contribution is -2.15. The SMILES string of the molecule is CN(C)Cc1csc(NC(=O)/C=C\c2ccc3c(c2)OCCO3)n1. The lowest BCUT2D eigenvalue weighted by Gasteiger charge is -2.18. The minimum atomic E-state index is -0.212. The first-order chi connectivity index (χ1) is 11.6. The smallest absolute Gasteiger partial charge is 0.250 e. The van der Waals surface area contributed by atoms with Crippen LogP contribution in [-0.4, -0.2) is 43.1 Å². The zero-order valence-corrected chi connectivity index (χ0v) is 14.4. The number of carbonyl (C=O) groups excluding carboxylic acids is 1. The lowest BCUT2D eigenvalue weighted by atomic mass is 10.2. The first-order valence-corrected chi connectivity index (χ1v) is 8.46. The van der Waals surface area contributed by atoms with E-state index in [-0.39, 0.29) is 5.91 Å². The van der Waals surface area contributed by atoms with Crippen molar-refractivity contribution >= 4 is 28.5 Å². The van der Waals surface area contributed by atoms with Gasteiger partial charge in [0.2, 0.25) is 5.91 Å². The molecule has 6 nitrogen and oxygen atoms in total. The van der Waals surface area contributed by atoms with Gasteiger partial charge in [0, 0.05) is 18.0 Å². The summed E-state index contributed by atoms with van der Waals surface area (Å²) < 4.78 is 11.0. The molecule has 1 aromatic heterocycles. The van der Waals surface area contributed by atoms with Crippen LogP contribution in [0.2, 0.25) is 0 Å². The second-order valence-electron chi connectivity index (χ2n) is 5.61. The van der Waals surface area contributed by atoms with Gasteiger partial charge in [0.1, 0.15) is 13.2 Å². The van der Waals surface area contributed by atoms with E-state index in [1.165, 1.54) is 17.4 Å². The van der Waals surface area contributed by atoms with Crippen molar-refractivity contribution in [3.05, 3.63) is 40.9 Å². The Morgan fingerprint density at radius 2 is 2.12 bits per heavy atom. The van der Waals surface area contributed by atoms with Crippen LogP contribution in [0.1, 0.15) is 11.3 Å². The Morgan fingerprint density at radius 3 is 2.92 bits per heavy atom. The number of anilines is 1. The number of benzene rings is 1. The van der Waals surface area contributed by atoms with E-state index in [2.05, 4.69) is 10.3 Å². The number of ether oxygens (including phenoxy) is 2. The normalized spacial score (nSPS) is 13.5. The Balaban J connectivity index is 1.60. The Kier molecular flexibility index (Phi) is 5.12. The third-order valence-electron chi connectivity index (χ3n) is 3.25. The summed E-state index contributed by atoms with van der Waals surface area (Å²) in [4.78, 5) is 18.4. The molecule has 7 heteroatoms. The molecule has 0 radical (unpaired) electrons. The third kappa shape index (κ3) is 4.33. The number of thiazole rings is 1. The third-order valence-corrected chi connectivity index (χ3v) is 4.06. The number of nitrogens with zero attached hydrogens (tertiary/aromatic N) is 2. The maximum atomic E-state index is 12.0. The summed E-state index contributed by atoms with van der Waals surface area (Å²) in [5.74, 6) is 1.23. The minimum absolute atomic E-state index is 0.212. The van der Waals surface area contributed by atoms with Gasteiger partial charge in [-0.1, -0.05) is 6.07 Å². The van der Waals surface area contributed by atoms with Crippen LogP contribution in [-0.2, 0) is 11.3 Å². The largest absolute Gasteiger partial charge is 0.486 e. The summed E-state index contributed by atoms with van der Waals surface area (Å²) in [6.07, 6.45) is 3.22. The number of aromatic nitrogens is 1. The van der Waals surface area contributed by atoms with Gasteiger partial charge in [-0.2, -0.15) is 0 Å². The number of hydrogen-bond acceptors (Lipinski definition) is 6. The topological polar surface area (TPSA) is 63.7 Å². The molecule has 1 aliphatic heterocycles. The van der Waals surface area contributed by atoms with E-state index in [0.717, 1.165) is 23.6 Å². The van der Waals surface area contributed by atoms with Crippen LogP contribution in [0.15, 0.2) is 29.7 Å². The van der Waals surface area contributed by atoms with E-state index < -0.39 is 0 Å². The van der Waals surface area contributed by atoms with Gasteiger partial charge in [0.25, 0.3) is 0 Å². The van der Waals surface area contributed by atoms with E-state index in [0.29, 0.717) is 24.1 Å². The van der Waals surface area contributed by atoms with Gasteiger partial charge < -0.3 is 14.4 Å². The number of fused-ring (bicyclic) bond motifs is 1. The number of hydrogen-bond donors (Lipinski definition) is 1. The molecule has 2 aromatic rings. The van der Waals surface area contributed by atoms with Crippen LogP contribution in [0.25, 0.3) is 6.08 Å². The monoisotopic (exact) mass is 345 g/mol. The molecule has 0 aliphatic carbocycles. The van der Waals surface area contributed by atoms with Gasteiger partial charge in [0.05, 0.1) is 5.69 Å². The first kappa shape index (κ1) is 16.5. The maximum Gasteiger partial charge on any atom is 0.250 e. The van der Waals surface area contributed by atoms with Crippen molar-refractivity contribution in [2.24, 2.45) is 0 Å². The molecule has 0 fully saturated rings. The molecular formula is C17H19N3O3S. The van der Waals surface area contributed by atoms with Crippen LogP contribution < -0.4 is 14.8 Å². The fourth-order valence-electron chi connectivity index (χ4n) is 2.24. The van der Waals surface area contributed by atoms with Crippen LogP contribution in [0.4, 0.5) is 5.13 Å². The standard InChI is InChI=1S/C17H19N3O3S/c1-20(2)10-13-11-24-17(18-13)19-16(21)6-4-12-3-5-14-15(9-12)23-8-7-22-14/h3-6,9,11H,7-8,10H2,1-2H3,(H,18,19,21)/b6-4-. The summed E-state index contributed by atoms with van der Waals surface area (Å²) >= 11 is 1.42. The Labute approximate surface area is 144 Å². The summed E-state index contributed by atoms with van der Waals surface area (Å²) in [6, 6.07) is 5.59. The molecule has 0 unspecified atom stereocenters. The fraction of sp³-hybridized carbons (Fsp3) is 0.294. The molecule has 0 spiro atoms. The first-order valence-electron chi connectivity index (χ1n) is 7.58. The molecule has 1 N–H and O–H groups in total. The zero-order valence-electron chi connectivity index (χ0n) is 13.6. The maximum absolute atomic E-state index is 12.0. The van der Waals surface area contributed by atoms with Crippen LogP contribution in [0, 0.1) is 0 Å². The Bertz CT molecular complexity index is 755. The van der Waals surface area contributed by atoms with Crippen LogP contribution >= 0.6 is 11.3 Å². The lowest BCUT2D eigenvalue weighted by molar-refractivity contribution is -0.111. The van der Waals surface area contributed by atoms with Crippen molar-refractivity contribution in [1.29, 1.82) is 0 Å². The van der Waals surface area contributed by atoms with Crippen molar-refractivity contribution in [2.45, 2.75) is 6.54 Å². The molecule has 2 heterocycles. The highest BCUT2D eigenvalue weighted by Crippen LogP contribution is 2.31. The molecule has 126 valence electrons. The molecule has 0 bridgehead atoms. The molecule has 1 amide bonds. The second kappa shape index (κ2) is 7.46. The van der Waals surface area contributed by atoms with E-state index in [4.69, 9.17) is 9.47 Å². The summed E-state index contributed by atoms with van der Waals surface area (Å²) in [5.41, 5.74) is 1.82. The van der Waals surface area contributed by atoms with Crippen molar-refractivity contribution in [2.75, 3.05) is 32.6 Å². The van der Waals surface area contributed by atoms with Gasteiger partial charge in [0.15, 0.2) is 16.6 Å². The highest BCUT2D eigenvalue weighted by atomic mass is 32.1. The number of amides is 1. The molecule has 24 heavy (non-hydrogen) atoms. The molecular weight excluding hydrogens is 326 g/mol.